The van der Waals surface area contributed by atoms with Crippen molar-refractivity contribution >= 4 is 28.2 Å². The molecule has 38 heavy (non-hydrogen) atoms. The summed E-state index contributed by atoms with van der Waals surface area (Å²) in [5.41, 5.74) is 10.6. The van der Waals surface area contributed by atoms with Crippen LogP contribution in [0.3, 0.4) is 0 Å². The topological polar surface area (TPSA) is 60.4 Å². The molecule has 1 N–H and O–H groups in total. The van der Waals surface area contributed by atoms with Gasteiger partial charge in [0.25, 0.3) is 0 Å². The van der Waals surface area contributed by atoms with E-state index in [1.165, 1.54) is 21.7 Å². The molecule has 1 aliphatic heterocycles. The van der Waals surface area contributed by atoms with E-state index >= 15 is 0 Å². The first-order valence-corrected chi connectivity index (χ1v) is 13.7. The Balaban J connectivity index is 1.63. The van der Waals surface area contributed by atoms with Crippen LogP contribution < -0.4 is 0 Å². The van der Waals surface area contributed by atoms with E-state index in [9.17, 15) is 0 Å². The van der Waals surface area contributed by atoms with Crippen LogP contribution in [0.5, 0.6) is 0 Å². The molecule has 0 amide bonds. The van der Waals surface area contributed by atoms with E-state index in [1.807, 2.05) is 12.3 Å². The number of aromatic amines is 1. The Bertz CT molecular complexity index is 1570. The normalized spacial score (nSPS) is 18.9. The molecule has 0 spiro atoms. The summed E-state index contributed by atoms with van der Waals surface area (Å²) in [5.74, 6) is 0.738. The predicted octanol–water partition coefficient (Wildman–Crippen LogP) is 6.88. The number of likely N-dealkylation sites (N-methyl/N-ethyl adjacent to an activating group) is 2. The quantitative estimate of drug-likeness (QED) is 0.397. The molecule has 3 aromatic rings. The number of nitrogens with one attached hydrogen (secondary N) is 1. The van der Waals surface area contributed by atoms with Crippen molar-refractivity contribution in [2.45, 2.75) is 27.2 Å². The summed E-state index contributed by atoms with van der Waals surface area (Å²) in [6.45, 7) is 6.92. The average Bonchev–Trinajstić information content (AvgIpc) is 3.55. The van der Waals surface area contributed by atoms with Crippen molar-refractivity contribution in [3.63, 3.8) is 0 Å². The molecule has 0 fully saturated rings. The fourth-order valence-corrected chi connectivity index (χ4v) is 5.59. The Morgan fingerprint density at radius 1 is 1.18 bits per heavy atom. The number of nitrogens with zero attached hydrogens (tertiary/aromatic N) is 5. The summed E-state index contributed by atoms with van der Waals surface area (Å²) in [7, 11) is 6.26. The second-order valence-corrected chi connectivity index (χ2v) is 10.7. The molecule has 0 bridgehead atoms. The molecule has 7 heteroatoms. The third-order valence-electron chi connectivity index (χ3n) is 6.86. The SMILES string of the molecule is C/C=C(/C=C1/C(c2nc3nccc(-c4cccs4)c3[nH]2)=NCN(C)/C1=C/C)C1=CCC(C)=CC(N(C)C)=C1. The molecule has 2 aliphatic rings. The number of fused-ring (bicyclic) bond motifs is 1. The summed E-state index contributed by atoms with van der Waals surface area (Å²) < 4.78 is 0. The van der Waals surface area contributed by atoms with E-state index in [2.05, 4.69) is 116 Å². The molecular weight excluding hydrogens is 488 g/mol. The molecule has 6 nitrogen and oxygen atoms in total. The molecule has 0 radical (unpaired) electrons. The van der Waals surface area contributed by atoms with Gasteiger partial charge in [-0.15, -0.1) is 11.3 Å². The van der Waals surface area contributed by atoms with Gasteiger partial charge < -0.3 is 14.8 Å². The number of H-pyrrole nitrogens is 1. The van der Waals surface area contributed by atoms with E-state index in [4.69, 9.17) is 9.98 Å². The number of hydrogen-bond donors (Lipinski definition) is 1. The third kappa shape index (κ3) is 4.94. The maximum atomic E-state index is 4.99. The minimum atomic E-state index is 0.566. The fraction of sp³-hybridized carbons (Fsp3) is 0.258. The molecule has 0 saturated carbocycles. The second-order valence-electron chi connectivity index (χ2n) is 9.76. The van der Waals surface area contributed by atoms with E-state index in [0.29, 0.717) is 12.3 Å². The van der Waals surface area contributed by atoms with Gasteiger partial charge in [-0.25, -0.2) is 9.97 Å². The standard InChI is InChI=1S/C31H34N6S/c1-7-21(22-12-11-20(3)16-23(17-22)36(4)5)18-25-26(8-2)37(6)19-33-28(25)31-34-29-24(27-10-9-15-38-27)13-14-32-30(29)35-31/h7-10,12-18H,11,19H2,1-6H3,(H,32,34,35)/b21-7-,25-18+,26-8+. The Labute approximate surface area is 228 Å². The zero-order chi connectivity index (χ0) is 26.8. The zero-order valence-corrected chi connectivity index (χ0v) is 23.7. The summed E-state index contributed by atoms with van der Waals surface area (Å²) in [6, 6.07) is 6.24. The molecule has 4 heterocycles. The van der Waals surface area contributed by atoms with Gasteiger partial charge in [-0.05, 0) is 74.1 Å². The summed E-state index contributed by atoms with van der Waals surface area (Å²) >= 11 is 1.71. The zero-order valence-electron chi connectivity index (χ0n) is 22.9. The van der Waals surface area contributed by atoms with Crippen LogP contribution in [-0.4, -0.2) is 58.3 Å². The molecule has 0 aromatic carbocycles. The monoisotopic (exact) mass is 522 g/mol. The highest BCUT2D eigenvalue weighted by Gasteiger charge is 2.25. The average molecular weight is 523 g/mol. The first kappa shape index (κ1) is 25.7. The van der Waals surface area contributed by atoms with E-state index in [-0.39, 0.29) is 0 Å². The van der Waals surface area contributed by atoms with Gasteiger partial charge in [-0.3, -0.25) is 4.99 Å². The van der Waals surface area contributed by atoms with Crippen LogP contribution in [0.1, 0.15) is 33.0 Å². The Hall–Kier alpha value is -3.97. The van der Waals surface area contributed by atoms with E-state index < -0.39 is 0 Å². The first-order chi connectivity index (χ1) is 18.4. The van der Waals surface area contributed by atoms with Crippen LogP contribution in [0.2, 0.25) is 0 Å². The van der Waals surface area contributed by atoms with Crippen LogP contribution in [0.15, 0.2) is 105 Å². The van der Waals surface area contributed by atoms with Gasteiger partial charge in [-0.2, -0.15) is 0 Å². The number of allylic oxidation sites excluding steroid dienone is 10. The van der Waals surface area contributed by atoms with Gasteiger partial charge >= 0.3 is 0 Å². The summed E-state index contributed by atoms with van der Waals surface area (Å²) in [6.07, 6.45) is 16.2. The number of aliphatic imine (C=N–C) groups is 1. The molecule has 194 valence electrons. The smallest absolute Gasteiger partial charge is 0.178 e. The molecule has 0 unspecified atom stereocenters. The Morgan fingerprint density at radius 3 is 2.74 bits per heavy atom. The molecule has 0 saturated heterocycles. The number of imidazole rings is 1. The third-order valence-corrected chi connectivity index (χ3v) is 7.77. The Kier molecular flexibility index (Phi) is 7.29. The van der Waals surface area contributed by atoms with Crippen molar-refractivity contribution in [3.8, 4) is 10.4 Å². The van der Waals surface area contributed by atoms with Gasteiger partial charge in [0.05, 0.1) is 5.52 Å². The van der Waals surface area contributed by atoms with Crippen molar-refractivity contribution in [3.05, 3.63) is 106 Å². The van der Waals surface area contributed by atoms with Crippen LogP contribution in [0.4, 0.5) is 0 Å². The molecule has 5 rings (SSSR count). The fourth-order valence-electron chi connectivity index (χ4n) is 4.84. The van der Waals surface area contributed by atoms with Gasteiger partial charge in [0.15, 0.2) is 11.5 Å². The van der Waals surface area contributed by atoms with Gasteiger partial charge in [0, 0.05) is 54.7 Å². The van der Waals surface area contributed by atoms with Crippen molar-refractivity contribution in [2.75, 3.05) is 27.8 Å². The number of hydrogen-bond acceptors (Lipinski definition) is 6. The van der Waals surface area contributed by atoms with E-state index in [0.717, 1.165) is 45.9 Å². The minimum Gasteiger partial charge on any atom is -0.378 e. The molecule has 3 aromatic heterocycles. The van der Waals surface area contributed by atoms with Gasteiger partial charge in [0.1, 0.15) is 12.4 Å². The van der Waals surface area contributed by atoms with Crippen molar-refractivity contribution in [2.24, 2.45) is 4.99 Å². The largest absolute Gasteiger partial charge is 0.378 e. The molecular formula is C31H34N6S. The maximum absolute atomic E-state index is 4.99. The lowest BCUT2D eigenvalue weighted by Crippen LogP contribution is -2.29. The van der Waals surface area contributed by atoms with E-state index in [1.54, 1.807) is 11.3 Å². The maximum Gasteiger partial charge on any atom is 0.178 e. The number of pyridine rings is 1. The van der Waals surface area contributed by atoms with Crippen LogP contribution in [-0.2, 0) is 0 Å². The Morgan fingerprint density at radius 2 is 2.03 bits per heavy atom. The van der Waals surface area contributed by atoms with Gasteiger partial charge in [0.2, 0.25) is 0 Å². The van der Waals surface area contributed by atoms with Crippen molar-refractivity contribution < 1.29 is 0 Å². The molecule has 1 aliphatic carbocycles. The minimum absolute atomic E-state index is 0.566. The highest BCUT2D eigenvalue weighted by atomic mass is 32.1. The summed E-state index contributed by atoms with van der Waals surface area (Å²) in [5, 5.41) is 2.09. The number of aromatic nitrogens is 3. The highest BCUT2D eigenvalue weighted by Crippen LogP contribution is 2.32. The summed E-state index contributed by atoms with van der Waals surface area (Å²) in [4.78, 5) is 23.6. The van der Waals surface area contributed by atoms with Crippen molar-refractivity contribution in [1.29, 1.82) is 0 Å². The number of rotatable bonds is 5. The van der Waals surface area contributed by atoms with Crippen molar-refractivity contribution in [1.82, 2.24) is 24.8 Å². The van der Waals surface area contributed by atoms with Crippen LogP contribution >= 0.6 is 11.3 Å². The van der Waals surface area contributed by atoms with Gasteiger partial charge in [-0.1, -0.05) is 29.9 Å². The lowest BCUT2D eigenvalue weighted by Gasteiger charge is -2.28. The molecule has 0 atom stereocenters. The predicted molar refractivity (Wildman–Crippen MR) is 160 cm³/mol. The lowest BCUT2D eigenvalue weighted by molar-refractivity contribution is 0.434. The second kappa shape index (κ2) is 10.8. The highest BCUT2D eigenvalue weighted by molar-refractivity contribution is 7.13. The first-order valence-electron chi connectivity index (χ1n) is 12.9. The van der Waals surface area contributed by atoms with Crippen LogP contribution in [0, 0.1) is 0 Å². The number of thiophene rings is 1. The van der Waals surface area contributed by atoms with Crippen LogP contribution in [0.25, 0.3) is 21.6 Å². The lowest BCUT2D eigenvalue weighted by atomic mass is 9.95.